The van der Waals surface area contributed by atoms with Gasteiger partial charge in [-0.15, -0.1) is 0 Å². The fourth-order valence-electron chi connectivity index (χ4n) is 1.62. The van der Waals surface area contributed by atoms with E-state index in [9.17, 15) is 18.4 Å². The molecule has 0 bridgehead atoms. The first-order valence-corrected chi connectivity index (χ1v) is 5.72. The summed E-state index contributed by atoms with van der Waals surface area (Å²) in [6.07, 6.45) is -3.62. The Labute approximate surface area is 105 Å². The Morgan fingerprint density at radius 1 is 1.17 bits per heavy atom. The zero-order chi connectivity index (χ0) is 14.0. The SMILES string of the molecule is CN(O)C(C)(C)CCc1ccccc1C(F)(F)F. The summed E-state index contributed by atoms with van der Waals surface area (Å²) in [5, 5.41) is 10.4. The van der Waals surface area contributed by atoms with Gasteiger partial charge < -0.3 is 5.21 Å². The lowest BCUT2D eigenvalue weighted by atomic mass is 9.93. The molecule has 2 nitrogen and oxygen atoms in total. The largest absolute Gasteiger partial charge is 0.416 e. The Bertz CT molecular complexity index is 399. The Morgan fingerprint density at radius 3 is 2.22 bits per heavy atom. The lowest BCUT2D eigenvalue weighted by Gasteiger charge is -2.30. The monoisotopic (exact) mass is 261 g/mol. The minimum atomic E-state index is -4.33. The molecule has 1 rings (SSSR count). The van der Waals surface area contributed by atoms with Gasteiger partial charge in [-0.1, -0.05) is 18.2 Å². The molecule has 0 aliphatic carbocycles. The van der Waals surface area contributed by atoms with E-state index in [4.69, 9.17) is 0 Å². The summed E-state index contributed by atoms with van der Waals surface area (Å²) in [6.45, 7) is 3.56. The van der Waals surface area contributed by atoms with E-state index < -0.39 is 17.3 Å². The molecule has 102 valence electrons. The molecule has 0 heterocycles. The van der Waals surface area contributed by atoms with Crippen molar-refractivity contribution in [1.82, 2.24) is 5.06 Å². The first-order chi connectivity index (χ1) is 8.14. The Morgan fingerprint density at radius 2 is 1.72 bits per heavy atom. The van der Waals surface area contributed by atoms with Crippen LogP contribution >= 0.6 is 0 Å². The quantitative estimate of drug-likeness (QED) is 0.835. The number of hydrogen-bond donors (Lipinski definition) is 1. The van der Waals surface area contributed by atoms with Crippen molar-refractivity contribution in [2.75, 3.05) is 7.05 Å². The molecule has 0 atom stereocenters. The normalized spacial score (nSPS) is 13.1. The predicted molar refractivity (Wildman–Crippen MR) is 63.4 cm³/mol. The summed E-state index contributed by atoms with van der Waals surface area (Å²) in [5.74, 6) is 0. The maximum Gasteiger partial charge on any atom is 0.416 e. The molecule has 1 aromatic rings. The first kappa shape index (κ1) is 15.0. The molecular formula is C13H18F3NO. The summed E-state index contributed by atoms with van der Waals surface area (Å²) in [6, 6.07) is 5.55. The highest BCUT2D eigenvalue weighted by Gasteiger charge is 2.33. The summed E-state index contributed by atoms with van der Waals surface area (Å²) < 4.78 is 38.3. The van der Waals surface area contributed by atoms with Crippen LogP contribution in [-0.2, 0) is 12.6 Å². The average molecular weight is 261 g/mol. The highest BCUT2D eigenvalue weighted by Crippen LogP contribution is 2.33. The van der Waals surface area contributed by atoms with Crippen molar-refractivity contribution in [2.24, 2.45) is 0 Å². The summed E-state index contributed by atoms with van der Waals surface area (Å²) in [7, 11) is 1.50. The number of nitrogens with zero attached hydrogens (tertiary/aromatic N) is 1. The van der Waals surface area contributed by atoms with Crippen molar-refractivity contribution in [2.45, 2.75) is 38.4 Å². The van der Waals surface area contributed by atoms with Gasteiger partial charge in [-0.2, -0.15) is 18.2 Å². The molecule has 0 spiro atoms. The third kappa shape index (κ3) is 3.71. The zero-order valence-electron chi connectivity index (χ0n) is 10.8. The number of hydroxylamine groups is 2. The van der Waals surface area contributed by atoms with Crippen LogP contribution in [0.25, 0.3) is 0 Å². The topological polar surface area (TPSA) is 23.5 Å². The highest BCUT2D eigenvalue weighted by molar-refractivity contribution is 5.29. The summed E-state index contributed by atoms with van der Waals surface area (Å²) >= 11 is 0. The highest BCUT2D eigenvalue weighted by atomic mass is 19.4. The summed E-state index contributed by atoms with van der Waals surface area (Å²) in [5.41, 5.74) is -0.889. The van der Waals surface area contributed by atoms with Gasteiger partial charge in [-0.3, -0.25) is 0 Å². The zero-order valence-corrected chi connectivity index (χ0v) is 10.8. The van der Waals surface area contributed by atoms with E-state index in [-0.39, 0.29) is 12.0 Å². The molecule has 1 N–H and O–H groups in total. The van der Waals surface area contributed by atoms with Crippen molar-refractivity contribution < 1.29 is 18.4 Å². The molecule has 5 heteroatoms. The van der Waals surface area contributed by atoms with Gasteiger partial charge >= 0.3 is 6.18 Å². The lowest BCUT2D eigenvalue weighted by Crippen LogP contribution is -2.39. The van der Waals surface area contributed by atoms with E-state index in [0.29, 0.717) is 6.42 Å². The van der Waals surface area contributed by atoms with Crippen LogP contribution in [0.4, 0.5) is 13.2 Å². The molecule has 0 aliphatic rings. The minimum Gasteiger partial charge on any atom is -0.314 e. The van der Waals surface area contributed by atoms with E-state index in [1.54, 1.807) is 19.9 Å². The van der Waals surface area contributed by atoms with Crippen molar-refractivity contribution in [3.05, 3.63) is 35.4 Å². The second-order valence-electron chi connectivity index (χ2n) is 4.99. The Hall–Kier alpha value is -1.07. The van der Waals surface area contributed by atoms with Gasteiger partial charge in [-0.05, 0) is 38.3 Å². The maximum absolute atomic E-state index is 12.8. The van der Waals surface area contributed by atoms with Crippen LogP contribution in [0.5, 0.6) is 0 Å². The molecule has 1 aromatic carbocycles. The predicted octanol–water partition coefficient (Wildman–Crippen LogP) is 3.74. The summed E-state index contributed by atoms with van der Waals surface area (Å²) in [4.78, 5) is 0. The van der Waals surface area contributed by atoms with Crippen molar-refractivity contribution in [1.29, 1.82) is 0 Å². The van der Waals surface area contributed by atoms with Gasteiger partial charge in [-0.25, -0.2) is 0 Å². The van der Waals surface area contributed by atoms with Crippen molar-refractivity contribution in [3.63, 3.8) is 0 Å². The number of alkyl halides is 3. The van der Waals surface area contributed by atoms with Gasteiger partial charge in [0.15, 0.2) is 0 Å². The maximum atomic E-state index is 12.8. The Kier molecular flexibility index (Phi) is 4.40. The molecule has 0 saturated carbocycles. The molecule has 18 heavy (non-hydrogen) atoms. The van der Waals surface area contributed by atoms with Crippen molar-refractivity contribution >= 4 is 0 Å². The fourth-order valence-corrected chi connectivity index (χ4v) is 1.62. The second kappa shape index (κ2) is 5.28. The van der Waals surface area contributed by atoms with E-state index in [0.717, 1.165) is 11.1 Å². The van der Waals surface area contributed by atoms with Gasteiger partial charge in [0.05, 0.1) is 5.56 Å². The smallest absolute Gasteiger partial charge is 0.314 e. The van der Waals surface area contributed by atoms with E-state index in [1.807, 2.05) is 0 Å². The standard InChI is InChI=1S/C13H18F3NO/c1-12(2,17(3)18)9-8-10-6-4-5-7-11(10)13(14,15)16/h4-7,18H,8-9H2,1-3H3. The number of halogens is 3. The van der Waals surface area contributed by atoms with Gasteiger partial charge in [0.25, 0.3) is 0 Å². The molecule has 0 aliphatic heterocycles. The molecule has 0 unspecified atom stereocenters. The second-order valence-corrected chi connectivity index (χ2v) is 4.99. The lowest BCUT2D eigenvalue weighted by molar-refractivity contribution is -0.143. The van der Waals surface area contributed by atoms with Crippen LogP contribution in [-0.4, -0.2) is 22.9 Å². The van der Waals surface area contributed by atoms with Crippen LogP contribution in [0, 0.1) is 0 Å². The third-order valence-corrected chi connectivity index (χ3v) is 3.20. The molecule has 0 saturated heterocycles. The van der Waals surface area contributed by atoms with Gasteiger partial charge in [0, 0.05) is 12.6 Å². The number of hydrogen-bond acceptors (Lipinski definition) is 2. The number of rotatable bonds is 4. The Balaban J connectivity index is 2.86. The van der Waals surface area contributed by atoms with Crippen LogP contribution in [0.3, 0.4) is 0 Å². The van der Waals surface area contributed by atoms with Gasteiger partial charge in [0.2, 0.25) is 0 Å². The van der Waals surface area contributed by atoms with Crippen LogP contribution in [0.2, 0.25) is 0 Å². The van der Waals surface area contributed by atoms with Crippen LogP contribution in [0.15, 0.2) is 24.3 Å². The molecule has 0 fully saturated rings. The van der Waals surface area contributed by atoms with E-state index in [1.165, 1.54) is 19.2 Å². The molecule has 0 radical (unpaired) electrons. The van der Waals surface area contributed by atoms with Crippen molar-refractivity contribution in [3.8, 4) is 0 Å². The molecule has 0 aromatic heterocycles. The van der Waals surface area contributed by atoms with Gasteiger partial charge in [0.1, 0.15) is 0 Å². The van der Waals surface area contributed by atoms with Crippen LogP contribution in [0.1, 0.15) is 31.4 Å². The van der Waals surface area contributed by atoms with E-state index >= 15 is 0 Å². The number of aryl methyl sites for hydroxylation is 1. The average Bonchev–Trinajstić information content (AvgIpc) is 2.25. The molecular weight excluding hydrogens is 243 g/mol. The minimum absolute atomic E-state index is 0.264. The van der Waals surface area contributed by atoms with Crippen LogP contribution < -0.4 is 0 Å². The third-order valence-electron chi connectivity index (χ3n) is 3.20. The fraction of sp³-hybridized carbons (Fsp3) is 0.538. The first-order valence-electron chi connectivity index (χ1n) is 5.72. The van der Waals surface area contributed by atoms with E-state index in [2.05, 4.69) is 0 Å². The number of benzene rings is 1. The molecule has 0 amide bonds.